The zero-order valence-corrected chi connectivity index (χ0v) is 19.9. The smallest absolute Gasteiger partial charge is 0.288 e. The maximum absolute atomic E-state index is 13.8. The molecule has 1 N–H and O–H groups in total. The van der Waals surface area contributed by atoms with Crippen LogP contribution in [-0.4, -0.2) is 35.2 Å². The zero-order valence-electron chi connectivity index (χ0n) is 19.1. The van der Waals surface area contributed by atoms with Crippen LogP contribution >= 0.6 is 0 Å². The lowest BCUT2D eigenvalue weighted by Gasteiger charge is -2.32. The topological polar surface area (TPSA) is 77.4 Å². The molecular formula is C24H20F6N4O2S. The normalized spacial score (nSPS) is 19.3. The fraction of sp³-hybridized carbons (Fsp3) is 0.250. The number of hydrogen-bond acceptors (Lipinski definition) is 4. The molecule has 1 aromatic heterocycles. The molecule has 6 nitrogen and oxygen atoms in total. The van der Waals surface area contributed by atoms with Gasteiger partial charge in [0.2, 0.25) is 0 Å². The van der Waals surface area contributed by atoms with Crippen LogP contribution in [0, 0.1) is 5.41 Å². The summed E-state index contributed by atoms with van der Waals surface area (Å²) in [4.78, 5) is 3.01. The third-order valence-electron chi connectivity index (χ3n) is 5.99. The van der Waals surface area contributed by atoms with Crippen LogP contribution in [0.5, 0.6) is 0 Å². The number of alkyl halides is 6. The van der Waals surface area contributed by atoms with Crippen molar-refractivity contribution in [2.24, 2.45) is 0 Å². The van der Waals surface area contributed by atoms with Gasteiger partial charge < -0.3 is 0 Å². The van der Waals surface area contributed by atoms with E-state index < -0.39 is 50.5 Å². The van der Waals surface area contributed by atoms with Crippen LogP contribution in [0.1, 0.15) is 41.3 Å². The van der Waals surface area contributed by atoms with Gasteiger partial charge >= 0.3 is 12.4 Å². The van der Waals surface area contributed by atoms with Gasteiger partial charge in [0.15, 0.2) is 0 Å². The lowest BCUT2D eigenvalue weighted by molar-refractivity contribution is -0.141. The SMILES string of the molecule is CC(=N)N1CC(c2ccccc2)[C@@H](c2ccc(C(F)(F)F)nc2)N1S(=O)(=O)c1ccc(C(F)(F)F)cc1. The number of hydrazine groups is 1. The predicted molar refractivity (Wildman–Crippen MR) is 122 cm³/mol. The molecule has 1 fully saturated rings. The van der Waals surface area contributed by atoms with Gasteiger partial charge in [-0.25, -0.2) is 8.42 Å². The van der Waals surface area contributed by atoms with E-state index in [1.807, 2.05) is 0 Å². The Balaban J connectivity index is 1.87. The number of amidine groups is 1. The number of aromatic nitrogens is 1. The standard InChI is InChI=1S/C24H20F6N4O2S/c1-15(31)33-14-20(16-5-3-2-4-6-16)22(17-7-12-21(32-13-17)24(28,29)30)34(33)37(35,36)19-10-8-18(9-11-19)23(25,26)27/h2-13,20,22,31H,14H2,1H3/t20?,22-/m1/s1. The van der Waals surface area contributed by atoms with E-state index in [2.05, 4.69) is 4.98 Å². The van der Waals surface area contributed by atoms with Crippen molar-refractivity contribution in [1.29, 1.82) is 5.41 Å². The van der Waals surface area contributed by atoms with Crippen molar-refractivity contribution < 1.29 is 34.8 Å². The van der Waals surface area contributed by atoms with Crippen LogP contribution in [0.15, 0.2) is 77.8 Å². The molecule has 0 spiro atoms. The van der Waals surface area contributed by atoms with E-state index >= 15 is 0 Å². The first kappa shape index (κ1) is 26.6. The van der Waals surface area contributed by atoms with Gasteiger partial charge in [-0.3, -0.25) is 15.4 Å². The molecule has 4 rings (SSSR count). The molecule has 2 aromatic carbocycles. The zero-order chi connectivity index (χ0) is 27.2. The molecule has 196 valence electrons. The minimum atomic E-state index is -4.71. The minimum Gasteiger partial charge on any atom is -0.288 e. The lowest BCUT2D eigenvalue weighted by atomic mass is 9.89. The second-order valence-electron chi connectivity index (χ2n) is 8.40. The number of nitrogens with one attached hydrogen (secondary N) is 1. The van der Waals surface area contributed by atoms with Gasteiger partial charge in [0, 0.05) is 18.7 Å². The van der Waals surface area contributed by atoms with Crippen LogP contribution in [0.25, 0.3) is 0 Å². The molecule has 13 heteroatoms. The van der Waals surface area contributed by atoms with Gasteiger partial charge in [0.25, 0.3) is 10.0 Å². The highest BCUT2D eigenvalue weighted by molar-refractivity contribution is 7.89. The molecule has 2 atom stereocenters. The van der Waals surface area contributed by atoms with Crippen molar-refractivity contribution in [2.75, 3.05) is 6.54 Å². The Morgan fingerprint density at radius 3 is 2.00 bits per heavy atom. The molecule has 1 aliphatic heterocycles. The average molecular weight is 543 g/mol. The summed E-state index contributed by atoms with van der Waals surface area (Å²) in [6.45, 7) is 1.32. The van der Waals surface area contributed by atoms with Gasteiger partial charge in [-0.2, -0.15) is 26.3 Å². The molecule has 1 unspecified atom stereocenters. The highest BCUT2D eigenvalue weighted by Gasteiger charge is 2.49. The van der Waals surface area contributed by atoms with E-state index in [1.165, 1.54) is 6.92 Å². The highest BCUT2D eigenvalue weighted by atomic mass is 32.2. The number of halogens is 6. The summed E-state index contributed by atoms with van der Waals surface area (Å²) in [5.41, 5.74) is -1.42. The molecule has 0 aliphatic carbocycles. The summed E-state index contributed by atoms with van der Waals surface area (Å²) in [6, 6.07) is 12.2. The second kappa shape index (κ2) is 9.45. The third-order valence-corrected chi connectivity index (χ3v) is 7.77. The van der Waals surface area contributed by atoms with Crippen molar-refractivity contribution in [2.45, 2.75) is 36.1 Å². The number of rotatable bonds is 4. The quantitative estimate of drug-likeness (QED) is 0.255. The van der Waals surface area contributed by atoms with Crippen molar-refractivity contribution in [3.05, 3.63) is 95.3 Å². The second-order valence-corrected chi connectivity index (χ2v) is 10.2. The Morgan fingerprint density at radius 2 is 1.51 bits per heavy atom. The van der Waals surface area contributed by atoms with Crippen molar-refractivity contribution in [3.63, 3.8) is 0 Å². The summed E-state index contributed by atoms with van der Waals surface area (Å²) < 4.78 is 107. The van der Waals surface area contributed by atoms with Crippen LogP contribution in [0.4, 0.5) is 26.3 Å². The molecule has 1 aliphatic rings. The first-order valence-corrected chi connectivity index (χ1v) is 12.3. The highest BCUT2D eigenvalue weighted by Crippen LogP contribution is 2.46. The van der Waals surface area contributed by atoms with Gasteiger partial charge in [0.1, 0.15) is 11.5 Å². The Labute approximate surface area is 208 Å². The Kier molecular flexibility index (Phi) is 6.80. The Bertz CT molecular complexity index is 1380. The maximum Gasteiger partial charge on any atom is 0.433 e. The number of benzene rings is 2. The third kappa shape index (κ3) is 5.18. The number of sulfonamides is 1. The van der Waals surface area contributed by atoms with Crippen molar-refractivity contribution in [3.8, 4) is 0 Å². The molecule has 3 aromatic rings. The minimum absolute atomic E-state index is 0.0229. The number of hydrogen-bond donors (Lipinski definition) is 1. The summed E-state index contributed by atoms with van der Waals surface area (Å²) in [5, 5.41) is 9.35. The van der Waals surface area contributed by atoms with E-state index in [-0.39, 0.29) is 17.9 Å². The molecule has 37 heavy (non-hydrogen) atoms. The average Bonchev–Trinajstić information content (AvgIpc) is 3.26. The van der Waals surface area contributed by atoms with E-state index in [0.29, 0.717) is 17.7 Å². The van der Waals surface area contributed by atoms with E-state index in [9.17, 15) is 34.8 Å². The fourth-order valence-corrected chi connectivity index (χ4v) is 5.97. The van der Waals surface area contributed by atoms with Crippen LogP contribution in [0.3, 0.4) is 0 Å². The molecule has 0 radical (unpaired) electrons. The molecule has 1 saturated heterocycles. The van der Waals surface area contributed by atoms with Gasteiger partial charge in [0.05, 0.1) is 16.5 Å². The molecule has 2 heterocycles. The van der Waals surface area contributed by atoms with Crippen molar-refractivity contribution >= 4 is 15.9 Å². The van der Waals surface area contributed by atoms with Gasteiger partial charge in [-0.15, -0.1) is 4.41 Å². The van der Waals surface area contributed by atoms with Crippen LogP contribution in [-0.2, 0) is 22.4 Å². The van der Waals surface area contributed by atoms with Crippen LogP contribution < -0.4 is 0 Å². The van der Waals surface area contributed by atoms with Crippen molar-refractivity contribution in [1.82, 2.24) is 14.4 Å². The summed E-state index contributed by atoms with van der Waals surface area (Å²) >= 11 is 0. The summed E-state index contributed by atoms with van der Waals surface area (Å²) in [7, 11) is -4.57. The Hall–Kier alpha value is -3.45. The molecular weight excluding hydrogens is 522 g/mol. The number of nitrogens with zero attached hydrogens (tertiary/aromatic N) is 3. The summed E-state index contributed by atoms with van der Waals surface area (Å²) in [5.74, 6) is -0.817. The van der Waals surface area contributed by atoms with Gasteiger partial charge in [-0.05, 0) is 48.4 Å². The monoisotopic (exact) mass is 542 g/mol. The molecule has 0 saturated carbocycles. The van der Waals surface area contributed by atoms with E-state index in [1.54, 1.807) is 30.3 Å². The van der Waals surface area contributed by atoms with E-state index in [4.69, 9.17) is 5.41 Å². The first-order valence-electron chi connectivity index (χ1n) is 10.8. The molecule has 0 bridgehead atoms. The fourth-order valence-electron chi connectivity index (χ4n) is 4.25. The maximum atomic E-state index is 13.8. The predicted octanol–water partition coefficient (Wildman–Crippen LogP) is 5.86. The lowest BCUT2D eigenvalue weighted by Crippen LogP contribution is -2.44. The van der Waals surface area contributed by atoms with E-state index in [0.717, 1.165) is 39.9 Å². The largest absolute Gasteiger partial charge is 0.433 e. The number of pyridine rings is 1. The molecule has 0 amide bonds. The van der Waals surface area contributed by atoms with Crippen LogP contribution in [0.2, 0.25) is 0 Å². The first-order chi connectivity index (χ1) is 17.2. The Morgan fingerprint density at radius 1 is 0.892 bits per heavy atom. The summed E-state index contributed by atoms with van der Waals surface area (Å²) in [6.07, 6.45) is -8.46. The van der Waals surface area contributed by atoms with Gasteiger partial charge in [-0.1, -0.05) is 36.4 Å².